The maximum absolute atomic E-state index is 12.6. The Kier molecular flexibility index (Phi) is 7.94. The lowest BCUT2D eigenvalue weighted by Gasteiger charge is -2.37. The number of carbonyl (C=O) groups excluding carboxylic acids is 6. The van der Waals surface area contributed by atoms with Crippen molar-refractivity contribution >= 4 is 46.0 Å². The fraction of sp³-hybridized carbons (Fsp3) is 0.217. The molecule has 2 saturated heterocycles. The second-order valence-corrected chi connectivity index (χ2v) is 10.2. The number of hydrogen-bond acceptors (Lipinski definition) is 11. The third kappa shape index (κ3) is 6.27. The molecular weight excluding hydrogens is 568 g/mol. The van der Waals surface area contributed by atoms with Crippen molar-refractivity contribution in [3.05, 3.63) is 59.7 Å². The van der Waals surface area contributed by atoms with Crippen LogP contribution in [-0.2, 0) is 35.9 Å². The molecule has 0 unspecified atom stereocenters. The number of urea groups is 1. The summed E-state index contributed by atoms with van der Waals surface area (Å²) in [5.41, 5.74) is 2.60. The lowest BCUT2D eigenvalue weighted by molar-refractivity contribution is -0.154. The number of hydrazine groups is 1. The highest BCUT2D eigenvalue weighted by Crippen LogP contribution is 2.25. The number of hydrogen-bond donors (Lipinski definition) is 5. The molecule has 0 bridgehead atoms. The summed E-state index contributed by atoms with van der Waals surface area (Å²) in [5, 5.41) is 21.6. The highest BCUT2D eigenvalue weighted by atomic mass is 32.2. The van der Waals surface area contributed by atoms with E-state index in [1.807, 2.05) is 0 Å². The monoisotopic (exact) mass is 590 g/mol. The maximum Gasteiger partial charge on any atom is 0.408 e. The number of phenolic OH excluding ortho intramolecular Hbond substituents is 2. The van der Waals surface area contributed by atoms with E-state index in [-0.39, 0.29) is 23.0 Å². The van der Waals surface area contributed by atoms with E-state index in [9.17, 15) is 47.4 Å². The number of phenols is 2. The highest BCUT2D eigenvalue weighted by Gasteiger charge is 2.46. The normalized spacial score (nSPS) is 17.0. The van der Waals surface area contributed by atoms with Crippen LogP contribution in [0.25, 0.3) is 0 Å². The number of benzene rings is 2. The van der Waals surface area contributed by atoms with Crippen LogP contribution in [0.2, 0.25) is 0 Å². The first-order valence-electron chi connectivity index (χ1n) is 11.7. The average molecular weight is 591 g/mol. The van der Waals surface area contributed by atoms with Gasteiger partial charge in [0, 0.05) is 5.56 Å². The number of nitrogens with one attached hydrogen (secondary N) is 3. The predicted molar refractivity (Wildman–Crippen MR) is 133 cm³/mol. The molecule has 7 amide bonds. The van der Waals surface area contributed by atoms with Gasteiger partial charge in [-0.2, -0.15) is 8.42 Å². The van der Waals surface area contributed by atoms with Crippen molar-refractivity contribution in [1.82, 2.24) is 29.7 Å². The summed E-state index contributed by atoms with van der Waals surface area (Å²) in [7, 11) is -4.95. The van der Waals surface area contributed by atoms with Gasteiger partial charge in [-0.3, -0.25) is 29.5 Å². The van der Waals surface area contributed by atoms with Crippen molar-refractivity contribution < 1.29 is 52.1 Å². The first-order chi connectivity index (χ1) is 19.4. The molecule has 2 fully saturated rings. The van der Waals surface area contributed by atoms with Crippen LogP contribution in [0.1, 0.15) is 15.9 Å². The van der Waals surface area contributed by atoms with E-state index in [0.29, 0.717) is 15.5 Å². The van der Waals surface area contributed by atoms with Crippen LogP contribution in [0.5, 0.6) is 11.5 Å². The fourth-order valence-corrected chi connectivity index (χ4v) is 4.71. The third-order valence-corrected chi connectivity index (χ3v) is 7.20. The summed E-state index contributed by atoms with van der Waals surface area (Å²) in [6, 6.07) is 9.15. The number of carbonyl (C=O) groups is 6. The largest absolute Gasteiger partial charge is 0.504 e. The summed E-state index contributed by atoms with van der Waals surface area (Å²) < 4.78 is 31.8. The SMILES string of the molecule is O=C(N[C@H]1CN(C(=O)NS(=O)(=O)N2CCN(NC(=O)c3ccc(O)c(O)c3)C(=O)C2=O)C1=O)OCc1ccccc1. The van der Waals surface area contributed by atoms with Gasteiger partial charge in [0.1, 0.15) is 12.6 Å². The van der Waals surface area contributed by atoms with E-state index in [2.05, 4.69) is 10.7 Å². The zero-order valence-corrected chi connectivity index (χ0v) is 21.7. The van der Waals surface area contributed by atoms with E-state index in [1.54, 1.807) is 30.3 Å². The molecule has 17 nitrogen and oxygen atoms in total. The fourth-order valence-electron chi connectivity index (χ4n) is 3.65. The smallest absolute Gasteiger partial charge is 0.408 e. The molecule has 2 heterocycles. The number of ether oxygens (including phenoxy) is 1. The van der Waals surface area contributed by atoms with Crippen LogP contribution < -0.4 is 15.5 Å². The first-order valence-corrected chi connectivity index (χ1v) is 13.1. The highest BCUT2D eigenvalue weighted by molar-refractivity contribution is 7.88. The van der Waals surface area contributed by atoms with Crippen molar-refractivity contribution in [3.63, 3.8) is 0 Å². The number of imide groups is 1. The van der Waals surface area contributed by atoms with Gasteiger partial charge in [0.15, 0.2) is 11.5 Å². The van der Waals surface area contributed by atoms with E-state index in [1.165, 1.54) is 4.72 Å². The molecule has 41 heavy (non-hydrogen) atoms. The van der Waals surface area contributed by atoms with Crippen molar-refractivity contribution in [2.24, 2.45) is 0 Å². The first kappa shape index (κ1) is 28.6. The van der Waals surface area contributed by atoms with Gasteiger partial charge in [0.05, 0.1) is 19.6 Å². The predicted octanol–water partition coefficient (Wildman–Crippen LogP) is -1.49. The standard InChI is InChI=1S/C23H22N6O11S/c30-16-7-6-14(10-17(16)31)18(32)25-28-8-9-29(21(35)20(28)34)41(38,39)26-22(36)27-11-15(19(27)33)24-23(37)40-12-13-4-2-1-3-5-13/h1-7,10,15,30-31H,8-9,11-12H2,(H,24,37)(H,25,32)(H,26,36)/t15-/m0/s1. The zero-order valence-electron chi connectivity index (χ0n) is 20.8. The quantitative estimate of drug-likeness (QED) is 0.141. The lowest BCUT2D eigenvalue weighted by Crippen LogP contribution is -2.68. The Hall–Kier alpha value is -5.39. The van der Waals surface area contributed by atoms with Crippen molar-refractivity contribution in [3.8, 4) is 11.5 Å². The Bertz CT molecular complexity index is 1530. The lowest BCUT2D eigenvalue weighted by atomic mass is 10.1. The number of nitrogens with zero attached hydrogens (tertiary/aromatic N) is 3. The number of amides is 7. The molecule has 2 aromatic rings. The van der Waals surface area contributed by atoms with Crippen LogP contribution in [0.3, 0.4) is 0 Å². The molecule has 2 aliphatic heterocycles. The molecule has 0 aliphatic carbocycles. The van der Waals surface area contributed by atoms with Gasteiger partial charge in [-0.25, -0.2) is 23.6 Å². The second-order valence-electron chi connectivity index (χ2n) is 8.60. The Morgan fingerprint density at radius 1 is 0.951 bits per heavy atom. The van der Waals surface area contributed by atoms with E-state index >= 15 is 0 Å². The maximum atomic E-state index is 12.6. The van der Waals surface area contributed by atoms with Crippen molar-refractivity contribution in [1.29, 1.82) is 0 Å². The number of likely N-dealkylation sites (tertiary alicyclic amines) is 1. The average Bonchev–Trinajstić information content (AvgIpc) is 2.93. The van der Waals surface area contributed by atoms with Crippen LogP contribution in [0.15, 0.2) is 48.5 Å². The van der Waals surface area contributed by atoms with Gasteiger partial charge >= 0.3 is 34.1 Å². The van der Waals surface area contributed by atoms with Gasteiger partial charge < -0.3 is 20.3 Å². The van der Waals surface area contributed by atoms with Gasteiger partial charge in [-0.15, -0.1) is 0 Å². The Morgan fingerprint density at radius 2 is 1.66 bits per heavy atom. The minimum absolute atomic E-state index is 0.0587. The summed E-state index contributed by atoms with van der Waals surface area (Å²) in [4.78, 5) is 74.3. The topological polar surface area (TPSA) is 232 Å². The van der Waals surface area contributed by atoms with Crippen molar-refractivity contribution in [2.75, 3.05) is 19.6 Å². The third-order valence-electron chi connectivity index (χ3n) is 5.84. The van der Waals surface area contributed by atoms with E-state index < -0.39 is 76.6 Å². The van der Waals surface area contributed by atoms with E-state index in [0.717, 1.165) is 18.2 Å². The molecule has 5 N–H and O–H groups in total. The van der Waals surface area contributed by atoms with Gasteiger partial charge in [-0.05, 0) is 23.8 Å². The van der Waals surface area contributed by atoms with Gasteiger partial charge in [0.25, 0.3) is 11.8 Å². The molecule has 216 valence electrons. The Labute approximate surface area is 231 Å². The Balaban J connectivity index is 1.27. The summed E-state index contributed by atoms with van der Waals surface area (Å²) in [6.45, 7) is -1.63. The number of aromatic hydroxyl groups is 2. The number of piperazine rings is 1. The molecule has 18 heteroatoms. The molecule has 0 spiro atoms. The minimum Gasteiger partial charge on any atom is -0.504 e. The molecule has 0 aromatic heterocycles. The van der Waals surface area contributed by atoms with Gasteiger partial charge in [0.2, 0.25) is 0 Å². The Morgan fingerprint density at radius 3 is 2.32 bits per heavy atom. The summed E-state index contributed by atoms with van der Waals surface area (Å²) in [5.74, 6) is -6.07. The zero-order chi connectivity index (χ0) is 29.9. The molecule has 1 atom stereocenters. The summed E-state index contributed by atoms with van der Waals surface area (Å²) in [6.07, 6.45) is -0.934. The number of β-lactam (4-membered cyclic amide) rings is 1. The van der Waals surface area contributed by atoms with Crippen LogP contribution in [0, 0.1) is 0 Å². The molecule has 0 radical (unpaired) electrons. The molecule has 2 aromatic carbocycles. The number of alkyl carbamates (subject to hydrolysis) is 1. The van der Waals surface area contributed by atoms with Crippen LogP contribution in [0.4, 0.5) is 9.59 Å². The number of rotatable bonds is 7. The minimum atomic E-state index is -4.95. The molecule has 0 saturated carbocycles. The second kappa shape index (κ2) is 11.4. The van der Waals surface area contributed by atoms with Gasteiger partial charge in [-0.1, -0.05) is 30.3 Å². The van der Waals surface area contributed by atoms with Crippen molar-refractivity contribution in [2.45, 2.75) is 12.6 Å². The summed E-state index contributed by atoms with van der Waals surface area (Å²) >= 11 is 0. The molecule has 4 rings (SSSR count). The molecule has 2 aliphatic rings. The molecular formula is C23H22N6O11S. The van der Waals surface area contributed by atoms with Crippen LogP contribution >= 0.6 is 0 Å². The van der Waals surface area contributed by atoms with E-state index in [4.69, 9.17) is 4.74 Å². The van der Waals surface area contributed by atoms with Crippen LogP contribution in [-0.4, -0.2) is 94.3 Å².